The van der Waals surface area contributed by atoms with Crippen molar-refractivity contribution in [2.75, 3.05) is 0 Å². The minimum absolute atomic E-state index is 0.0595. The Morgan fingerprint density at radius 2 is 1.43 bits per heavy atom. The van der Waals surface area contributed by atoms with E-state index in [-0.39, 0.29) is 30.8 Å². The third-order valence-corrected chi connectivity index (χ3v) is 5.75. The summed E-state index contributed by atoms with van der Waals surface area (Å²) < 4.78 is 0. The van der Waals surface area contributed by atoms with E-state index in [0.717, 1.165) is 0 Å². The number of carboxylic acid groups (broad SMARTS) is 2. The van der Waals surface area contributed by atoms with Crippen LogP contribution in [0.15, 0.2) is 0 Å². The molecule has 0 rings (SSSR count). The average Bonchev–Trinajstić information content (AvgIpc) is 2.76. The molecule has 0 aromatic heterocycles. The van der Waals surface area contributed by atoms with Crippen LogP contribution in [0, 0.1) is 17.8 Å². The van der Waals surface area contributed by atoms with Crippen molar-refractivity contribution in [3.8, 4) is 0 Å². The van der Waals surface area contributed by atoms with Gasteiger partial charge in [0.15, 0.2) is 5.78 Å². The second kappa shape index (κ2) is 15.7. The zero-order chi connectivity index (χ0) is 27.3. The van der Waals surface area contributed by atoms with Gasteiger partial charge in [0, 0.05) is 25.2 Å². The third kappa shape index (κ3) is 12.2. The lowest BCUT2D eigenvalue weighted by Crippen LogP contribution is -2.48. The Morgan fingerprint density at radius 3 is 1.86 bits per heavy atom. The van der Waals surface area contributed by atoms with Crippen molar-refractivity contribution < 1.29 is 48.9 Å². The summed E-state index contributed by atoms with van der Waals surface area (Å²) in [4.78, 5) is 83.0. The molecule has 0 aromatic rings. The zero-order valence-corrected chi connectivity index (χ0v) is 20.5. The predicted octanol–water partition coefficient (Wildman–Crippen LogP) is 0.0920. The highest BCUT2D eigenvalue weighted by molar-refractivity contribution is 5.94. The maximum absolute atomic E-state index is 13.0. The van der Waals surface area contributed by atoms with E-state index in [4.69, 9.17) is 10.2 Å². The first-order valence-electron chi connectivity index (χ1n) is 11.4. The summed E-state index contributed by atoms with van der Waals surface area (Å²) in [5, 5.41) is 32.5. The fourth-order valence-corrected chi connectivity index (χ4v) is 3.46. The van der Waals surface area contributed by atoms with Gasteiger partial charge < -0.3 is 35.5 Å². The van der Waals surface area contributed by atoms with Crippen LogP contribution < -0.4 is 10.6 Å². The number of hydrogen-bond donors (Lipinski definition) is 5. The molecule has 0 radical (unpaired) electrons. The number of Topliss-reactive ketones (excluding diaryl/α,β-unsaturated/α-hetero) is 2. The van der Waals surface area contributed by atoms with E-state index in [2.05, 4.69) is 10.6 Å². The molecular weight excluding hydrogens is 464 g/mol. The maximum atomic E-state index is 13.0. The molecule has 5 N–H and O–H groups in total. The Labute approximate surface area is 203 Å². The lowest BCUT2D eigenvalue weighted by atomic mass is 9.86. The van der Waals surface area contributed by atoms with Crippen molar-refractivity contribution in [1.29, 1.82) is 0 Å². The second-order valence-corrected chi connectivity index (χ2v) is 8.76. The molecule has 0 aliphatic rings. The number of carbonyl (C=O) groups excluding carboxylic acids is 5. The molecule has 0 heterocycles. The number of rotatable bonds is 18. The molecule has 0 fully saturated rings. The van der Waals surface area contributed by atoms with Crippen LogP contribution in [0.3, 0.4) is 0 Å². The quantitative estimate of drug-likeness (QED) is 0.160. The van der Waals surface area contributed by atoms with E-state index < -0.39 is 78.8 Å². The Morgan fingerprint density at radius 1 is 0.857 bits per heavy atom. The van der Waals surface area contributed by atoms with Gasteiger partial charge in [-0.3, -0.25) is 24.0 Å². The van der Waals surface area contributed by atoms with Gasteiger partial charge in [0.25, 0.3) is 0 Å². The highest BCUT2D eigenvalue weighted by Crippen LogP contribution is 2.21. The normalized spacial score (nSPS) is 16.0. The number of aliphatic hydroxyl groups is 1. The fraction of sp³-hybridized carbons (Fsp3) is 0.696. The first-order valence-corrected chi connectivity index (χ1v) is 11.4. The summed E-state index contributed by atoms with van der Waals surface area (Å²) in [6, 6.07) is -2.67. The maximum Gasteiger partial charge on any atom is 0.305 e. The van der Waals surface area contributed by atoms with Crippen molar-refractivity contribution in [3.63, 3.8) is 0 Å². The van der Waals surface area contributed by atoms with Crippen molar-refractivity contribution in [3.05, 3.63) is 0 Å². The van der Waals surface area contributed by atoms with E-state index in [9.17, 15) is 38.7 Å². The Kier molecular flexibility index (Phi) is 14.3. The van der Waals surface area contributed by atoms with E-state index in [1.165, 1.54) is 13.8 Å². The number of aliphatic hydroxyl groups excluding tert-OH is 1. The summed E-state index contributed by atoms with van der Waals surface area (Å²) in [5.74, 6) is -7.37. The third-order valence-electron chi connectivity index (χ3n) is 5.75. The topological polar surface area (TPSA) is 204 Å². The Hall–Kier alpha value is -3.15. The van der Waals surface area contributed by atoms with Gasteiger partial charge in [0.1, 0.15) is 12.1 Å². The van der Waals surface area contributed by atoms with Crippen LogP contribution in [-0.2, 0) is 33.6 Å². The molecule has 0 bridgehead atoms. The molecule has 198 valence electrons. The molecule has 6 atom stereocenters. The number of ketones is 2. The van der Waals surface area contributed by atoms with E-state index in [1.807, 2.05) is 6.92 Å². The van der Waals surface area contributed by atoms with E-state index >= 15 is 0 Å². The molecular formula is C23H36N2O10. The molecule has 35 heavy (non-hydrogen) atoms. The minimum atomic E-state index is -1.38. The SMILES string of the molecule is CC[C@H](C)[C@H](CC(C)=O)C(=O)N[C@@H](CCC(=O)O)C(=O)C[C@H](C(=O)N[C@H](C=O)CC(=O)O)[C@@H](C)O. The average molecular weight is 501 g/mol. The molecule has 12 nitrogen and oxygen atoms in total. The lowest BCUT2D eigenvalue weighted by Gasteiger charge is -2.26. The monoisotopic (exact) mass is 500 g/mol. The van der Waals surface area contributed by atoms with Crippen LogP contribution in [0.4, 0.5) is 0 Å². The van der Waals surface area contributed by atoms with Crippen LogP contribution in [-0.4, -0.2) is 75.1 Å². The Bertz CT molecular complexity index is 795. The molecule has 0 aromatic carbocycles. The minimum Gasteiger partial charge on any atom is -0.481 e. The van der Waals surface area contributed by atoms with Crippen LogP contribution in [0.2, 0.25) is 0 Å². The van der Waals surface area contributed by atoms with Gasteiger partial charge in [-0.2, -0.15) is 0 Å². The van der Waals surface area contributed by atoms with Crippen LogP contribution in [0.5, 0.6) is 0 Å². The van der Waals surface area contributed by atoms with Crippen LogP contribution in [0.1, 0.15) is 66.2 Å². The van der Waals surface area contributed by atoms with Gasteiger partial charge in [0.05, 0.1) is 30.5 Å². The van der Waals surface area contributed by atoms with Crippen molar-refractivity contribution >= 4 is 41.6 Å². The Balaban J connectivity index is 5.69. The second-order valence-electron chi connectivity index (χ2n) is 8.76. The van der Waals surface area contributed by atoms with Gasteiger partial charge in [-0.05, 0) is 26.2 Å². The predicted molar refractivity (Wildman–Crippen MR) is 122 cm³/mol. The molecule has 12 heteroatoms. The van der Waals surface area contributed by atoms with Gasteiger partial charge in [-0.25, -0.2) is 0 Å². The number of nitrogens with one attached hydrogen (secondary N) is 2. The van der Waals surface area contributed by atoms with Gasteiger partial charge in [-0.1, -0.05) is 20.3 Å². The number of hydrogen-bond acceptors (Lipinski definition) is 8. The summed E-state index contributed by atoms with van der Waals surface area (Å²) in [7, 11) is 0. The highest BCUT2D eigenvalue weighted by Gasteiger charge is 2.34. The molecule has 0 unspecified atom stereocenters. The first kappa shape index (κ1) is 31.8. The van der Waals surface area contributed by atoms with Crippen LogP contribution in [0.25, 0.3) is 0 Å². The van der Waals surface area contributed by atoms with Crippen molar-refractivity contribution in [2.24, 2.45) is 17.8 Å². The molecule has 0 saturated heterocycles. The summed E-state index contributed by atoms with van der Waals surface area (Å²) >= 11 is 0. The number of carboxylic acids is 2. The van der Waals surface area contributed by atoms with Gasteiger partial charge >= 0.3 is 11.9 Å². The molecule has 0 saturated carbocycles. The lowest BCUT2D eigenvalue weighted by molar-refractivity contribution is -0.141. The van der Waals surface area contributed by atoms with E-state index in [0.29, 0.717) is 6.42 Å². The van der Waals surface area contributed by atoms with Crippen LogP contribution >= 0.6 is 0 Å². The number of aldehydes is 1. The molecule has 2 amide bonds. The first-order chi connectivity index (χ1) is 16.2. The molecule has 0 aliphatic carbocycles. The highest BCUT2D eigenvalue weighted by atomic mass is 16.4. The zero-order valence-electron chi connectivity index (χ0n) is 20.5. The van der Waals surface area contributed by atoms with Crippen molar-refractivity contribution in [2.45, 2.75) is 84.4 Å². The summed E-state index contributed by atoms with van der Waals surface area (Å²) in [6.07, 6.45) is -2.68. The summed E-state index contributed by atoms with van der Waals surface area (Å²) in [5.41, 5.74) is 0. The van der Waals surface area contributed by atoms with Gasteiger partial charge in [-0.15, -0.1) is 0 Å². The summed E-state index contributed by atoms with van der Waals surface area (Å²) in [6.45, 7) is 6.16. The molecule has 0 spiro atoms. The molecule has 0 aliphatic heterocycles. The van der Waals surface area contributed by atoms with Crippen molar-refractivity contribution in [1.82, 2.24) is 10.6 Å². The fourth-order valence-electron chi connectivity index (χ4n) is 3.46. The standard InChI is InChI=1S/C23H36N2O10/c1-5-12(2)16(8-13(3)27)22(34)25-18(6-7-20(30)31)19(29)10-17(14(4)28)23(35)24-15(11-26)9-21(32)33/h11-12,14-18,28H,5-10H2,1-4H3,(H,24,35)(H,25,34)(H,30,31)(H,32,33)/t12-,14+,15-,16-,17-,18-/m0/s1. The van der Waals surface area contributed by atoms with Gasteiger partial charge in [0.2, 0.25) is 11.8 Å². The largest absolute Gasteiger partial charge is 0.481 e. The smallest absolute Gasteiger partial charge is 0.305 e. The number of amides is 2. The number of carbonyl (C=O) groups is 7. The number of aliphatic carboxylic acids is 2. The van der Waals surface area contributed by atoms with E-state index in [1.54, 1.807) is 6.92 Å².